The van der Waals surface area contributed by atoms with Gasteiger partial charge < -0.3 is 9.24 Å². The Balaban J connectivity index is 2.20. The predicted octanol–water partition coefficient (Wildman–Crippen LogP) is 3.06. The third-order valence-electron chi connectivity index (χ3n) is 3.66. The maximum absolute atomic E-state index is 11.0. The fourth-order valence-electron chi connectivity index (χ4n) is 2.84. The predicted molar refractivity (Wildman–Crippen MR) is 80.9 cm³/mol. The molecule has 0 saturated carbocycles. The number of pyridine rings is 1. The highest BCUT2D eigenvalue weighted by molar-refractivity contribution is 6.13. The van der Waals surface area contributed by atoms with Crippen LogP contribution in [-0.2, 0) is 9.63 Å². The largest absolute Gasteiger partial charge is 0.332 e. The molecule has 0 aliphatic carbocycles. The topological polar surface area (TPSA) is 43.1 Å². The average molecular weight is 276 g/mol. The van der Waals surface area contributed by atoms with Gasteiger partial charge in [0, 0.05) is 29.3 Å². The Morgan fingerprint density at radius 1 is 1.00 bits per heavy atom. The minimum absolute atomic E-state index is 0.422. The van der Waals surface area contributed by atoms with E-state index in [4.69, 9.17) is 4.84 Å². The lowest BCUT2D eigenvalue weighted by molar-refractivity contribution is -0.141. The zero-order valence-electron chi connectivity index (χ0n) is 11.4. The number of hydrogen-bond acceptors (Lipinski definition) is 3. The molecule has 2 aromatic heterocycles. The lowest BCUT2D eigenvalue weighted by atomic mass is 10.1. The number of benzene rings is 2. The van der Waals surface area contributed by atoms with Gasteiger partial charge in [-0.1, -0.05) is 41.6 Å². The van der Waals surface area contributed by atoms with E-state index >= 15 is 0 Å². The summed E-state index contributed by atoms with van der Waals surface area (Å²) in [5, 5.41) is 7.94. The van der Waals surface area contributed by atoms with Gasteiger partial charge in [-0.25, -0.2) is 4.79 Å². The highest BCUT2D eigenvalue weighted by Crippen LogP contribution is 2.29. The van der Waals surface area contributed by atoms with Gasteiger partial charge in [0.1, 0.15) is 5.36 Å². The Morgan fingerprint density at radius 3 is 2.62 bits per heavy atom. The molecule has 0 fully saturated rings. The third kappa shape index (κ3) is 1.69. The van der Waals surface area contributed by atoms with Crippen molar-refractivity contribution in [1.29, 1.82) is 0 Å². The molecule has 4 aromatic rings. The van der Waals surface area contributed by atoms with Gasteiger partial charge in [0.05, 0.1) is 11.0 Å². The number of aromatic nitrogens is 1. The Kier molecular flexibility index (Phi) is 2.44. The number of rotatable bonds is 1. The molecule has 0 aliphatic heterocycles. The van der Waals surface area contributed by atoms with Gasteiger partial charge in [-0.3, -0.25) is 0 Å². The van der Waals surface area contributed by atoms with Gasteiger partial charge in [-0.2, -0.15) is 0 Å². The van der Waals surface area contributed by atoms with Crippen molar-refractivity contribution in [2.75, 3.05) is 0 Å². The molecule has 4 nitrogen and oxygen atoms in total. The second kappa shape index (κ2) is 4.31. The van der Waals surface area contributed by atoms with Crippen LogP contribution >= 0.6 is 0 Å². The number of para-hydroxylation sites is 2. The highest BCUT2D eigenvalue weighted by atomic mass is 16.7. The zero-order valence-corrected chi connectivity index (χ0v) is 11.4. The van der Waals surface area contributed by atoms with E-state index in [1.807, 2.05) is 36.5 Å². The number of nitrogens with zero attached hydrogens (tertiary/aromatic N) is 2. The number of fused-ring (bicyclic) bond motifs is 3. The lowest BCUT2D eigenvalue weighted by Crippen LogP contribution is -2.07. The van der Waals surface area contributed by atoms with Crippen LogP contribution in [0.15, 0.2) is 59.9 Å². The van der Waals surface area contributed by atoms with Crippen molar-refractivity contribution in [3.05, 3.63) is 60.1 Å². The molecule has 21 heavy (non-hydrogen) atoms. The summed E-state index contributed by atoms with van der Waals surface area (Å²) >= 11 is 0. The first-order chi connectivity index (χ1) is 10.3. The number of carbonyl (C=O) groups is 1. The van der Waals surface area contributed by atoms with Crippen molar-refractivity contribution in [3.63, 3.8) is 0 Å². The van der Waals surface area contributed by atoms with Crippen LogP contribution in [0.4, 0.5) is 0 Å². The molecule has 2 aromatic carbocycles. The molecule has 0 atom stereocenters. The smallest absolute Gasteiger partial charge is 0.318 e. The molecule has 0 bridgehead atoms. The minimum Gasteiger partial charge on any atom is -0.318 e. The first kappa shape index (κ1) is 11.9. The van der Waals surface area contributed by atoms with E-state index in [1.165, 1.54) is 17.7 Å². The van der Waals surface area contributed by atoms with Gasteiger partial charge in [0.15, 0.2) is 0 Å². The van der Waals surface area contributed by atoms with E-state index < -0.39 is 5.97 Å². The molecular weight excluding hydrogens is 264 g/mol. The van der Waals surface area contributed by atoms with Crippen LogP contribution in [0.25, 0.3) is 27.2 Å². The Hall–Kier alpha value is -2.88. The first-order valence-corrected chi connectivity index (χ1v) is 6.71. The Bertz CT molecular complexity index is 1010. The fraction of sp³-hybridized carbons (Fsp3) is 0.0588. The van der Waals surface area contributed by atoms with Crippen LogP contribution in [0, 0.1) is 0 Å². The summed E-state index contributed by atoms with van der Waals surface area (Å²) in [4.78, 5) is 15.7. The van der Waals surface area contributed by atoms with E-state index in [0.29, 0.717) is 5.36 Å². The maximum Gasteiger partial charge on any atom is 0.332 e. The van der Waals surface area contributed by atoms with Crippen molar-refractivity contribution in [2.24, 2.45) is 5.16 Å². The van der Waals surface area contributed by atoms with Crippen molar-refractivity contribution >= 4 is 33.2 Å². The van der Waals surface area contributed by atoms with Crippen LogP contribution < -0.4 is 5.36 Å². The van der Waals surface area contributed by atoms with E-state index in [-0.39, 0.29) is 0 Å². The van der Waals surface area contributed by atoms with Gasteiger partial charge in [0.25, 0.3) is 0 Å². The normalized spacial score (nSPS) is 12.5. The molecule has 102 valence electrons. The summed E-state index contributed by atoms with van der Waals surface area (Å²) in [6.07, 6.45) is 1.96. The molecule has 4 heteroatoms. The van der Waals surface area contributed by atoms with Crippen LogP contribution in [0.5, 0.6) is 0 Å². The van der Waals surface area contributed by atoms with Crippen LogP contribution in [0.2, 0.25) is 0 Å². The van der Waals surface area contributed by atoms with E-state index in [1.54, 1.807) is 0 Å². The monoisotopic (exact) mass is 276 g/mol. The highest BCUT2D eigenvalue weighted by Gasteiger charge is 2.10. The average Bonchev–Trinajstić information content (AvgIpc) is 2.83. The van der Waals surface area contributed by atoms with E-state index in [2.05, 4.69) is 27.8 Å². The molecule has 0 unspecified atom stereocenters. The quantitative estimate of drug-likeness (QED) is 0.396. The zero-order chi connectivity index (χ0) is 14.4. The Labute approximate surface area is 120 Å². The summed E-state index contributed by atoms with van der Waals surface area (Å²) in [6.45, 7) is 1.34. The van der Waals surface area contributed by atoms with Gasteiger partial charge in [0.2, 0.25) is 0 Å². The summed E-state index contributed by atoms with van der Waals surface area (Å²) < 4.78 is 2.15. The van der Waals surface area contributed by atoms with Crippen molar-refractivity contribution in [3.8, 4) is 0 Å². The standard InChI is InChI=1S/C17H12N2O2/c1-11(20)21-18-15-9-10-19-16-8-3-2-5-12(16)13-6-4-7-14(15)17(13)19/h2-10H,1H3/b18-15+. The lowest BCUT2D eigenvalue weighted by Gasteiger charge is -2.01. The second-order valence-corrected chi connectivity index (χ2v) is 4.96. The summed E-state index contributed by atoms with van der Waals surface area (Å²) in [5.74, 6) is -0.422. The van der Waals surface area contributed by atoms with Crippen LogP contribution in [0.3, 0.4) is 0 Å². The first-order valence-electron chi connectivity index (χ1n) is 6.71. The number of carbonyl (C=O) groups excluding carboxylic acids is 1. The van der Waals surface area contributed by atoms with Crippen molar-refractivity contribution < 1.29 is 9.63 Å². The van der Waals surface area contributed by atoms with Gasteiger partial charge >= 0.3 is 5.97 Å². The minimum atomic E-state index is -0.422. The fourth-order valence-corrected chi connectivity index (χ4v) is 2.84. The molecule has 0 radical (unpaired) electrons. The van der Waals surface area contributed by atoms with Crippen molar-refractivity contribution in [2.45, 2.75) is 6.92 Å². The SMILES string of the molecule is CC(=O)O/N=c1\ccn2c3ccccc3c3cccc1c32. The third-order valence-corrected chi connectivity index (χ3v) is 3.66. The summed E-state index contributed by atoms with van der Waals surface area (Å²) in [5.41, 5.74) is 2.25. The van der Waals surface area contributed by atoms with Gasteiger partial charge in [-0.05, 0) is 12.1 Å². The molecule has 0 saturated heterocycles. The summed E-state index contributed by atoms with van der Waals surface area (Å²) in [6, 6.07) is 16.2. The van der Waals surface area contributed by atoms with Crippen LogP contribution in [-0.4, -0.2) is 10.4 Å². The number of hydrogen-bond donors (Lipinski definition) is 0. The molecule has 0 N–H and O–H groups in total. The second-order valence-electron chi connectivity index (χ2n) is 4.96. The van der Waals surface area contributed by atoms with E-state index in [9.17, 15) is 4.79 Å². The summed E-state index contributed by atoms with van der Waals surface area (Å²) in [7, 11) is 0. The van der Waals surface area contributed by atoms with Crippen molar-refractivity contribution in [1.82, 2.24) is 4.40 Å². The molecule has 0 amide bonds. The molecule has 2 heterocycles. The maximum atomic E-state index is 11.0. The Morgan fingerprint density at radius 2 is 1.76 bits per heavy atom. The molecule has 0 aliphatic rings. The molecular formula is C17H12N2O2. The van der Waals surface area contributed by atoms with E-state index in [0.717, 1.165) is 16.4 Å². The molecule has 0 spiro atoms. The van der Waals surface area contributed by atoms with Crippen LogP contribution in [0.1, 0.15) is 6.92 Å². The molecule has 4 rings (SSSR count). The van der Waals surface area contributed by atoms with Gasteiger partial charge in [-0.15, -0.1) is 0 Å².